The van der Waals surface area contributed by atoms with Gasteiger partial charge >= 0.3 is 0 Å². The third kappa shape index (κ3) is 3.43. The Morgan fingerprint density at radius 1 is 1.29 bits per heavy atom. The number of hydrogen-bond acceptors (Lipinski definition) is 1. The smallest absolute Gasteiger partial charge is 0.138 e. The highest BCUT2D eigenvalue weighted by atomic mass is 16.1. The van der Waals surface area contributed by atoms with Crippen molar-refractivity contribution in [2.45, 2.75) is 59.8 Å². The van der Waals surface area contributed by atoms with Gasteiger partial charge in [-0.05, 0) is 18.3 Å². The molecule has 1 aliphatic rings. The second-order valence-corrected chi connectivity index (χ2v) is 6.02. The summed E-state index contributed by atoms with van der Waals surface area (Å²) in [5, 5.41) is 0. The lowest BCUT2D eigenvalue weighted by Gasteiger charge is -2.28. The van der Waals surface area contributed by atoms with E-state index in [1.165, 1.54) is 25.7 Å². The summed E-state index contributed by atoms with van der Waals surface area (Å²) >= 11 is 0. The molecular weight excluding hydrogens is 172 g/mol. The third-order valence-electron chi connectivity index (χ3n) is 3.36. The molecule has 0 radical (unpaired) electrons. The first kappa shape index (κ1) is 11.7. The van der Waals surface area contributed by atoms with Gasteiger partial charge in [0.2, 0.25) is 0 Å². The zero-order valence-electron chi connectivity index (χ0n) is 10.1. The maximum absolute atomic E-state index is 11.8. The maximum atomic E-state index is 11.8. The van der Waals surface area contributed by atoms with Crippen LogP contribution in [0, 0.1) is 17.3 Å². The van der Waals surface area contributed by atoms with Crippen LogP contribution < -0.4 is 0 Å². The Morgan fingerprint density at radius 2 is 1.93 bits per heavy atom. The van der Waals surface area contributed by atoms with E-state index in [2.05, 4.69) is 6.92 Å². The Balaban J connectivity index is 2.40. The fourth-order valence-electron chi connectivity index (χ4n) is 2.31. The molecule has 0 heterocycles. The molecule has 0 bridgehead atoms. The molecule has 1 fully saturated rings. The molecule has 0 N–H and O–H groups in total. The van der Waals surface area contributed by atoms with Gasteiger partial charge in [0, 0.05) is 11.8 Å². The van der Waals surface area contributed by atoms with Gasteiger partial charge in [0.25, 0.3) is 0 Å². The van der Waals surface area contributed by atoms with E-state index in [-0.39, 0.29) is 5.41 Å². The van der Waals surface area contributed by atoms with E-state index < -0.39 is 0 Å². The van der Waals surface area contributed by atoms with Crippen molar-refractivity contribution in [3.8, 4) is 0 Å². The predicted molar refractivity (Wildman–Crippen MR) is 60.2 cm³/mol. The summed E-state index contributed by atoms with van der Waals surface area (Å²) < 4.78 is 0. The lowest BCUT2D eigenvalue weighted by Crippen LogP contribution is -2.25. The summed E-state index contributed by atoms with van der Waals surface area (Å²) in [5.74, 6) is 1.95. The van der Waals surface area contributed by atoms with Crippen LogP contribution in [0.2, 0.25) is 0 Å². The number of Topliss-reactive ketones (excluding diaryl/α,β-unsaturated/α-hetero) is 1. The highest BCUT2D eigenvalue weighted by Gasteiger charge is 2.27. The molecule has 1 heteroatoms. The Bertz CT molecular complexity index is 200. The van der Waals surface area contributed by atoms with Crippen molar-refractivity contribution in [1.29, 1.82) is 0 Å². The van der Waals surface area contributed by atoms with E-state index in [1.807, 2.05) is 20.8 Å². The number of rotatable bonds is 2. The standard InChI is InChI=1S/C13H24O/c1-10-6-5-7-11(8-10)9-12(14)13(2,3)4/h10-11H,5-9H2,1-4H3. The van der Waals surface area contributed by atoms with Crippen molar-refractivity contribution in [1.82, 2.24) is 0 Å². The van der Waals surface area contributed by atoms with Crippen LogP contribution >= 0.6 is 0 Å². The normalized spacial score (nSPS) is 28.9. The highest BCUT2D eigenvalue weighted by molar-refractivity contribution is 5.83. The van der Waals surface area contributed by atoms with Crippen LogP contribution in [-0.2, 0) is 4.79 Å². The highest BCUT2D eigenvalue weighted by Crippen LogP contribution is 2.32. The number of carbonyl (C=O) groups excluding carboxylic acids is 1. The molecule has 2 atom stereocenters. The predicted octanol–water partition coefficient (Wildman–Crippen LogP) is 3.82. The van der Waals surface area contributed by atoms with Gasteiger partial charge in [-0.1, -0.05) is 47.0 Å². The van der Waals surface area contributed by atoms with Crippen molar-refractivity contribution in [3.63, 3.8) is 0 Å². The van der Waals surface area contributed by atoms with Gasteiger partial charge < -0.3 is 0 Å². The lowest BCUT2D eigenvalue weighted by atomic mass is 9.76. The summed E-state index contributed by atoms with van der Waals surface area (Å²) in [5.41, 5.74) is -0.138. The van der Waals surface area contributed by atoms with Gasteiger partial charge in [-0.15, -0.1) is 0 Å². The molecule has 1 rings (SSSR count). The number of carbonyl (C=O) groups is 1. The minimum atomic E-state index is -0.138. The molecule has 0 aromatic rings. The zero-order valence-corrected chi connectivity index (χ0v) is 10.1. The average Bonchev–Trinajstić information content (AvgIpc) is 2.02. The van der Waals surface area contributed by atoms with E-state index in [9.17, 15) is 4.79 Å². The van der Waals surface area contributed by atoms with E-state index in [4.69, 9.17) is 0 Å². The second kappa shape index (κ2) is 4.46. The molecule has 1 aliphatic carbocycles. The Labute approximate surface area is 88.3 Å². The van der Waals surface area contributed by atoms with Gasteiger partial charge in [-0.25, -0.2) is 0 Å². The Hall–Kier alpha value is -0.330. The minimum Gasteiger partial charge on any atom is -0.299 e. The average molecular weight is 196 g/mol. The fraction of sp³-hybridized carbons (Fsp3) is 0.923. The minimum absolute atomic E-state index is 0.138. The topological polar surface area (TPSA) is 17.1 Å². The molecule has 0 aromatic carbocycles. The van der Waals surface area contributed by atoms with Gasteiger partial charge in [0.15, 0.2) is 0 Å². The van der Waals surface area contributed by atoms with Gasteiger partial charge in [0.05, 0.1) is 0 Å². The van der Waals surface area contributed by atoms with Crippen LogP contribution in [0.4, 0.5) is 0 Å². The summed E-state index contributed by atoms with van der Waals surface area (Å²) in [6.07, 6.45) is 6.03. The first-order valence-electron chi connectivity index (χ1n) is 5.93. The molecular formula is C13H24O. The molecule has 1 nitrogen and oxygen atoms in total. The fourth-order valence-corrected chi connectivity index (χ4v) is 2.31. The summed E-state index contributed by atoms with van der Waals surface area (Å²) in [7, 11) is 0. The van der Waals surface area contributed by atoms with Crippen molar-refractivity contribution >= 4 is 5.78 Å². The number of ketones is 1. The van der Waals surface area contributed by atoms with E-state index in [1.54, 1.807) is 0 Å². The summed E-state index contributed by atoms with van der Waals surface area (Å²) in [6.45, 7) is 8.40. The van der Waals surface area contributed by atoms with Crippen LogP contribution in [0.5, 0.6) is 0 Å². The first-order chi connectivity index (χ1) is 6.39. The van der Waals surface area contributed by atoms with Crippen molar-refractivity contribution in [2.24, 2.45) is 17.3 Å². The Kier molecular flexibility index (Phi) is 3.74. The van der Waals surface area contributed by atoms with Crippen molar-refractivity contribution in [2.75, 3.05) is 0 Å². The quantitative estimate of drug-likeness (QED) is 0.656. The second-order valence-electron chi connectivity index (χ2n) is 6.02. The summed E-state index contributed by atoms with van der Waals surface area (Å²) in [6, 6.07) is 0. The molecule has 0 amide bonds. The molecule has 2 unspecified atom stereocenters. The van der Waals surface area contributed by atoms with Crippen LogP contribution in [0.1, 0.15) is 59.8 Å². The van der Waals surface area contributed by atoms with E-state index >= 15 is 0 Å². The number of hydrogen-bond donors (Lipinski definition) is 0. The SMILES string of the molecule is CC1CCCC(CC(=O)C(C)(C)C)C1. The molecule has 82 valence electrons. The molecule has 0 aromatic heterocycles. The molecule has 14 heavy (non-hydrogen) atoms. The van der Waals surface area contributed by atoms with Crippen molar-refractivity contribution < 1.29 is 4.79 Å². The van der Waals surface area contributed by atoms with E-state index in [0.717, 1.165) is 12.3 Å². The first-order valence-corrected chi connectivity index (χ1v) is 5.93. The van der Waals surface area contributed by atoms with Gasteiger partial charge in [-0.3, -0.25) is 4.79 Å². The lowest BCUT2D eigenvalue weighted by molar-refractivity contribution is -0.127. The maximum Gasteiger partial charge on any atom is 0.138 e. The molecule has 0 aliphatic heterocycles. The Morgan fingerprint density at radius 3 is 2.43 bits per heavy atom. The monoisotopic (exact) mass is 196 g/mol. The van der Waals surface area contributed by atoms with E-state index in [0.29, 0.717) is 11.7 Å². The third-order valence-corrected chi connectivity index (χ3v) is 3.36. The van der Waals surface area contributed by atoms with Crippen LogP contribution in [0.3, 0.4) is 0 Å². The largest absolute Gasteiger partial charge is 0.299 e. The van der Waals surface area contributed by atoms with Gasteiger partial charge in [-0.2, -0.15) is 0 Å². The van der Waals surface area contributed by atoms with Crippen molar-refractivity contribution in [3.05, 3.63) is 0 Å². The molecule has 1 saturated carbocycles. The zero-order chi connectivity index (χ0) is 10.8. The van der Waals surface area contributed by atoms with Crippen LogP contribution in [-0.4, -0.2) is 5.78 Å². The molecule has 0 saturated heterocycles. The van der Waals surface area contributed by atoms with Gasteiger partial charge in [0.1, 0.15) is 5.78 Å². The molecule has 0 spiro atoms. The van der Waals surface area contributed by atoms with Crippen LogP contribution in [0.15, 0.2) is 0 Å². The summed E-state index contributed by atoms with van der Waals surface area (Å²) in [4.78, 5) is 11.8. The van der Waals surface area contributed by atoms with Crippen LogP contribution in [0.25, 0.3) is 0 Å².